The summed E-state index contributed by atoms with van der Waals surface area (Å²) in [6.07, 6.45) is 9.89. The molecule has 28 heavy (non-hydrogen) atoms. The van der Waals surface area contributed by atoms with Gasteiger partial charge in [-0.2, -0.15) is 0 Å². The highest BCUT2D eigenvalue weighted by Crippen LogP contribution is 2.35. The van der Waals surface area contributed by atoms with Crippen molar-refractivity contribution >= 4 is 22.2 Å². The summed E-state index contributed by atoms with van der Waals surface area (Å²) in [6.45, 7) is 0. The van der Waals surface area contributed by atoms with Crippen LogP contribution >= 0.6 is 0 Å². The smallest absolute Gasteiger partial charge is 0.174 e. The van der Waals surface area contributed by atoms with Crippen molar-refractivity contribution in [3.8, 4) is 0 Å². The first-order valence-electron chi connectivity index (χ1n) is 9.96. The summed E-state index contributed by atoms with van der Waals surface area (Å²) in [5.74, 6) is 1.16. The number of nitrogens with one attached hydrogen (secondary N) is 2. The third-order valence-corrected chi connectivity index (χ3v) is 6.05. The molecule has 0 radical (unpaired) electrons. The van der Waals surface area contributed by atoms with Gasteiger partial charge in [-0.25, -0.2) is 9.66 Å². The van der Waals surface area contributed by atoms with Gasteiger partial charge in [0, 0.05) is 30.0 Å². The molecule has 1 unspecified atom stereocenters. The number of nitrogens with zero attached hydrogens (tertiary/aromatic N) is 2. The number of nitrogens with two attached hydrogens (primary N) is 2. The van der Waals surface area contributed by atoms with Gasteiger partial charge in [-0.05, 0) is 54.7 Å². The normalized spacial score (nSPS) is 27.0. The zero-order valence-corrected chi connectivity index (χ0v) is 15.8. The third-order valence-electron chi connectivity index (χ3n) is 6.05. The molecule has 3 aromatic rings. The largest absolute Gasteiger partial charge is 0.353 e. The minimum absolute atomic E-state index is 0.298. The predicted octanol–water partition coefficient (Wildman–Crippen LogP) is 3.22. The Labute approximate surface area is 164 Å². The first-order chi connectivity index (χ1) is 13.6. The van der Waals surface area contributed by atoms with Crippen molar-refractivity contribution in [2.24, 2.45) is 17.4 Å². The fourth-order valence-corrected chi connectivity index (χ4v) is 4.46. The molecule has 0 amide bonds. The molecule has 2 heterocycles. The summed E-state index contributed by atoms with van der Waals surface area (Å²) < 4.78 is 1.93. The summed E-state index contributed by atoms with van der Waals surface area (Å²) in [6, 6.07) is 15.0. The van der Waals surface area contributed by atoms with E-state index in [-0.39, 0.29) is 0 Å². The van der Waals surface area contributed by atoms with Gasteiger partial charge < -0.3 is 22.2 Å². The van der Waals surface area contributed by atoms with Gasteiger partial charge in [-0.15, -0.1) is 0 Å². The molecular formula is C22H26N6. The van der Waals surface area contributed by atoms with Crippen LogP contribution < -0.4 is 22.2 Å². The van der Waals surface area contributed by atoms with Gasteiger partial charge >= 0.3 is 0 Å². The summed E-state index contributed by atoms with van der Waals surface area (Å²) in [5.41, 5.74) is 17.7. The van der Waals surface area contributed by atoms with E-state index in [1.54, 1.807) is 6.20 Å². The molecule has 1 aliphatic carbocycles. The van der Waals surface area contributed by atoms with E-state index in [9.17, 15) is 0 Å². The van der Waals surface area contributed by atoms with Gasteiger partial charge in [0.25, 0.3) is 0 Å². The second kappa shape index (κ2) is 6.65. The highest BCUT2D eigenvalue weighted by atomic mass is 15.5. The molecular weight excluding hydrogens is 348 g/mol. The molecule has 6 N–H and O–H groups in total. The van der Waals surface area contributed by atoms with Gasteiger partial charge in [0.15, 0.2) is 5.82 Å². The molecule has 1 saturated carbocycles. The van der Waals surface area contributed by atoms with Crippen molar-refractivity contribution in [2.75, 3.05) is 10.7 Å². The second-order valence-electron chi connectivity index (χ2n) is 8.02. The molecule has 1 aliphatic heterocycles. The number of rotatable bonds is 3. The lowest BCUT2D eigenvalue weighted by atomic mass is 9.78. The Bertz CT molecular complexity index is 1030. The monoisotopic (exact) mass is 374 g/mol. The van der Waals surface area contributed by atoms with E-state index in [2.05, 4.69) is 64.3 Å². The maximum Gasteiger partial charge on any atom is 0.174 e. The Kier molecular flexibility index (Phi) is 4.10. The first kappa shape index (κ1) is 17.3. The third kappa shape index (κ3) is 3.04. The highest BCUT2D eigenvalue weighted by Gasteiger charge is 2.39. The van der Waals surface area contributed by atoms with Crippen molar-refractivity contribution in [3.63, 3.8) is 0 Å². The van der Waals surface area contributed by atoms with Crippen LogP contribution in [0.15, 0.2) is 60.9 Å². The fourth-order valence-electron chi connectivity index (χ4n) is 4.46. The maximum absolute atomic E-state index is 6.87. The van der Waals surface area contributed by atoms with Crippen LogP contribution in [-0.2, 0) is 0 Å². The molecule has 0 spiro atoms. The van der Waals surface area contributed by atoms with Crippen LogP contribution in [0.3, 0.4) is 0 Å². The minimum atomic E-state index is -0.632. The van der Waals surface area contributed by atoms with Gasteiger partial charge in [0.2, 0.25) is 0 Å². The average molecular weight is 374 g/mol. The van der Waals surface area contributed by atoms with Crippen molar-refractivity contribution in [1.29, 1.82) is 0 Å². The summed E-state index contributed by atoms with van der Waals surface area (Å²) in [7, 11) is 0. The minimum Gasteiger partial charge on any atom is -0.353 e. The topological polar surface area (TPSA) is 93.9 Å². The molecule has 2 aliphatic rings. The van der Waals surface area contributed by atoms with Gasteiger partial charge in [-0.3, -0.25) is 0 Å². The highest BCUT2D eigenvalue weighted by molar-refractivity contribution is 5.88. The van der Waals surface area contributed by atoms with Gasteiger partial charge in [0.1, 0.15) is 5.66 Å². The lowest BCUT2D eigenvalue weighted by Crippen LogP contribution is -2.58. The number of imidazole rings is 1. The van der Waals surface area contributed by atoms with Crippen LogP contribution in [-0.4, -0.2) is 21.4 Å². The molecule has 6 nitrogen and oxygen atoms in total. The molecule has 5 rings (SSSR count). The Hall–Kier alpha value is -2.83. The average Bonchev–Trinajstić information content (AvgIpc) is 3.16. The number of aromatic nitrogens is 2. The number of benzene rings is 2. The van der Waals surface area contributed by atoms with Crippen molar-refractivity contribution in [2.45, 2.75) is 37.4 Å². The van der Waals surface area contributed by atoms with Crippen molar-refractivity contribution in [3.05, 3.63) is 66.8 Å². The molecule has 2 aromatic carbocycles. The molecule has 0 saturated heterocycles. The van der Waals surface area contributed by atoms with E-state index >= 15 is 0 Å². The van der Waals surface area contributed by atoms with E-state index in [0.29, 0.717) is 12.0 Å². The number of hydrogen-bond acceptors (Lipinski definition) is 5. The van der Waals surface area contributed by atoms with E-state index in [1.807, 2.05) is 10.9 Å². The van der Waals surface area contributed by atoms with Crippen molar-refractivity contribution < 1.29 is 0 Å². The standard InChI is InChI=1S/C22H26N6/c23-18-8-6-17(7-9-18)22(24)14-20(21-25-11-12-28(21)27-22)26-19-10-5-15-3-1-2-4-16(15)13-19/h1-5,10-14,17-18,26-27H,6-9,23-24H2. The zero-order chi connectivity index (χ0) is 19.1. The number of fused-ring (bicyclic) bond motifs is 2. The molecule has 0 bridgehead atoms. The lowest BCUT2D eigenvalue weighted by molar-refractivity contribution is 0.239. The molecule has 1 fully saturated rings. The van der Waals surface area contributed by atoms with Crippen LogP contribution in [0.25, 0.3) is 16.5 Å². The van der Waals surface area contributed by atoms with Crippen LogP contribution in [0, 0.1) is 5.92 Å². The first-order valence-corrected chi connectivity index (χ1v) is 9.96. The van der Waals surface area contributed by atoms with E-state index in [1.165, 1.54) is 10.8 Å². The maximum atomic E-state index is 6.87. The predicted molar refractivity (Wildman–Crippen MR) is 114 cm³/mol. The Balaban J connectivity index is 1.49. The second-order valence-corrected chi connectivity index (χ2v) is 8.02. The van der Waals surface area contributed by atoms with Gasteiger partial charge in [0.05, 0.1) is 5.70 Å². The van der Waals surface area contributed by atoms with Crippen molar-refractivity contribution in [1.82, 2.24) is 9.66 Å². The van der Waals surface area contributed by atoms with E-state index in [4.69, 9.17) is 11.5 Å². The SMILES string of the molecule is NC1CCC(C2(N)C=C(Nc3ccc4ccccc4c3)c3nccn3N2)CC1. The van der Waals surface area contributed by atoms with Crippen LogP contribution in [0.5, 0.6) is 0 Å². The molecule has 1 aromatic heterocycles. The Morgan fingerprint density at radius 1 is 1.07 bits per heavy atom. The van der Waals surface area contributed by atoms with Crippen LogP contribution in [0.4, 0.5) is 5.69 Å². The van der Waals surface area contributed by atoms with E-state index in [0.717, 1.165) is 42.9 Å². The number of hydrogen-bond donors (Lipinski definition) is 4. The number of anilines is 1. The summed E-state index contributed by atoms with van der Waals surface area (Å²) in [5, 5.41) is 5.97. The fraction of sp³-hybridized carbons (Fsp3) is 0.318. The quantitative estimate of drug-likeness (QED) is 0.565. The molecule has 6 heteroatoms. The lowest BCUT2D eigenvalue weighted by Gasteiger charge is -2.42. The van der Waals surface area contributed by atoms with Crippen LogP contribution in [0.2, 0.25) is 0 Å². The summed E-state index contributed by atoms with van der Waals surface area (Å²) in [4.78, 5) is 4.51. The van der Waals surface area contributed by atoms with Gasteiger partial charge in [-0.1, -0.05) is 30.3 Å². The van der Waals surface area contributed by atoms with Crippen LogP contribution in [0.1, 0.15) is 31.5 Å². The molecule has 144 valence electrons. The molecule has 1 atom stereocenters. The summed E-state index contributed by atoms with van der Waals surface area (Å²) >= 11 is 0. The zero-order valence-electron chi connectivity index (χ0n) is 15.8. The Morgan fingerprint density at radius 2 is 1.86 bits per heavy atom. The van der Waals surface area contributed by atoms with E-state index < -0.39 is 5.66 Å². The Morgan fingerprint density at radius 3 is 2.68 bits per heavy atom.